The van der Waals surface area contributed by atoms with Crippen LogP contribution in [0.1, 0.15) is 39.0 Å². The number of aliphatic imine (C=N–C) groups is 1. The van der Waals surface area contributed by atoms with E-state index in [0.29, 0.717) is 12.0 Å². The van der Waals surface area contributed by atoms with Crippen LogP contribution in [0.2, 0.25) is 0 Å². The zero-order valence-corrected chi connectivity index (χ0v) is 12.1. The predicted octanol–water partition coefficient (Wildman–Crippen LogP) is 2.65. The van der Waals surface area contributed by atoms with Gasteiger partial charge in [-0.3, -0.25) is 5.43 Å². The number of benzene rings is 1. The lowest BCUT2D eigenvalue weighted by Gasteiger charge is -2.12. The van der Waals surface area contributed by atoms with Crippen molar-refractivity contribution in [1.29, 1.82) is 0 Å². The van der Waals surface area contributed by atoms with Crippen molar-refractivity contribution in [1.82, 2.24) is 5.43 Å². The van der Waals surface area contributed by atoms with Crippen molar-refractivity contribution in [3.8, 4) is 5.75 Å². The molecule has 5 heteroatoms. The van der Waals surface area contributed by atoms with E-state index < -0.39 is 0 Å². The molecule has 0 bridgehead atoms. The quantitative estimate of drug-likeness (QED) is 0.334. The molecule has 1 aliphatic rings. The van der Waals surface area contributed by atoms with Gasteiger partial charge in [0.15, 0.2) is 0 Å². The Morgan fingerprint density at radius 2 is 2.00 bits per heavy atom. The fourth-order valence-corrected chi connectivity index (χ4v) is 2.31. The number of ether oxygens (including phenoxy) is 1. The van der Waals surface area contributed by atoms with Crippen LogP contribution in [0.4, 0.5) is 5.69 Å². The summed E-state index contributed by atoms with van der Waals surface area (Å²) in [5, 5.41) is 3.20. The molecule has 2 rings (SSSR count). The minimum atomic E-state index is 0.390. The number of rotatable bonds is 5. The van der Waals surface area contributed by atoms with E-state index in [-0.39, 0.29) is 0 Å². The zero-order chi connectivity index (χ0) is 14.2. The molecule has 0 atom stereocenters. The number of hydrogen-bond donors (Lipinski definition) is 3. The second kappa shape index (κ2) is 7.75. The molecule has 5 nitrogen and oxygen atoms in total. The lowest BCUT2D eigenvalue weighted by atomic mass is 10.3. The van der Waals surface area contributed by atoms with E-state index in [1.54, 1.807) is 0 Å². The first-order chi connectivity index (χ1) is 9.81. The summed E-state index contributed by atoms with van der Waals surface area (Å²) in [6, 6.07) is 8.21. The summed E-state index contributed by atoms with van der Waals surface area (Å²) >= 11 is 0. The summed E-state index contributed by atoms with van der Waals surface area (Å²) in [4.78, 5) is 4.60. The zero-order valence-electron chi connectivity index (χ0n) is 12.1. The summed E-state index contributed by atoms with van der Waals surface area (Å²) in [5.74, 6) is 7.03. The number of nitrogens with zero attached hydrogens (tertiary/aromatic N) is 1. The molecular formula is C15H24N4O. The van der Waals surface area contributed by atoms with Gasteiger partial charge in [-0.25, -0.2) is 10.8 Å². The first kappa shape index (κ1) is 14.7. The first-order valence-corrected chi connectivity index (χ1v) is 7.36. The van der Waals surface area contributed by atoms with Crippen molar-refractivity contribution in [2.75, 3.05) is 11.9 Å². The summed E-state index contributed by atoms with van der Waals surface area (Å²) in [5.41, 5.74) is 3.58. The van der Waals surface area contributed by atoms with Crippen LogP contribution in [0.5, 0.6) is 5.75 Å². The third-order valence-corrected chi connectivity index (χ3v) is 3.36. The molecular weight excluding hydrogens is 252 g/mol. The molecule has 1 aromatic carbocycles. The Bertz CT molecular complexity index is 424. The van der Waals surface area contributed by atoms with E-state index in [4.69, 9.17) is 10.6 Å². The molecule has 0 unspecified atom stereocenters. The Morgan fingerprint density at radius 3 is 2.60 bits per heavy atom. The third-order valence-electron chi connectivity index (χ3n) is 3.36. The Labute approximate surface area is 120 Å². The number of hydrogen-bond acceptors (Lipinski definition) is 3. The average Bonchev–Trinajstić information content (AvgIpc) is 2.99. The maximum absolute atomic E-state index is 5.55. The van der Waals surface area contributed by atoms with Crippen LogP contribution in [-0.4, -0.2) is 18.6 Å². The molecule has 0 saturated heterocycles. The molecule has 1 fully saturated rings. The maximum Gasteiger partial charge on any atom is 0.210 e. The highest BCUT2D eigenvalue weighted by Crippen LogP contribution is 2.21. The smallest absolute Gasteiger partial charge is 0.210 e. The van der Waals surface area contributed by atoms with E-state index in [1.807, 2.05) is 24.3 Å². The molecule has 0 amide bonds. The monoisotopic (exact) mass is 276 g/mol. The Hall–Kier alpha value is -1.75. The highest BCUT2D eigenvalue weighted by molar-refractivity contribution is 5.93. The van der Waals surface area contributed by atoms with Crippen LogP contribution in [0.3, 0.4) is 0 Å². The molecule has 0 heterocycles. The first-order valence-electron chi connectivity index (χ1n) is 7.36. The predicted molar refractivity (Wildman–Crippen MR) is 82.9 cm³/mol. The van der Waals surface area contributed by atoms with Gasteiger partial charge in [0, 0.05) is 5.69 Å². The van der Waals surface area contributed by atoms with Gasteiger partial charge in [0.1, 0.15) is 5.75 Å². The largest absolute Gasteiger partial charge is 0.494 e. The van der Waals surface area contributed by atoms with E-state index in [0.717, 1.165) is 37.3 Å². The topological polar surface area (TPSA) is 71.7 Å². The molecule has 20 heavy (non-hydrogen) atoms. The number of anilines is 1. The molecule has 110 valence electrons. The highest BCUT2D eigenvalue weighted by Gasteiger charge is 2.14. The summed E-state index contributed by atoms with van der Waals surface area (Å²) in [6.45, 7) is 2.83. The molecule has 1 saturated carbocycles. The van der Waals surface area contributed by atoms with Gasteiger partial charge in [0.05, 0.1) is 12.6 Å². The van der Waals surface area contributed by atoms with Crippen LogP contribution in [0, 0.1) is 0 Å². The van der Waals surface area contributed by atoms with Crippen LogP contribution in [-0.2, 0) is 0 Å². The van der Waals surface area contributed by atoms with Crippen molar-refractivity contribution in [3.05, 3.63) is 24.3 Å². The average molecular weight is 276 g/mol. The summed E-state index contributed by atoms with van der Waals surface area (Å²) in [6.07, 6.45) is 5.83. The normalized spacial score (nSPS) is 16.2. The number of nitrogens with one attached hydrogen (secondary N) is 2. The fourth-order valence-electron chi connectivity index (χ4n) is 2.31. The van der Waals surface area contributed by atoms with Gasteiger partial charge in [-0.2, -0.15) is 0 Å². The molecule has 0 aliphatic heterocycles. The van der Waals surface area contributed by atoms with Gasteiger partial charge >= 0.3 is 0 Å². The van der Waals surface area contributed by atoms with Gasteiger partial charge in [-0.05, 0) is 43.5 Å². The van der Waals surface area contributed by atoms with E-state index in [2.05, 4.69) is 22.7 Å². The van der Waals surface area contributed by atoms with Crippen molar-refractivity contribution in [2.45, 2.75) is 45.1 Å². The SMILES string of the molecule is CCCOc1ccc(NC(=NC2CCCC2)NN)cc1. The van der Waals surface area contributed by atoms with Gasteiger partial charge in [0.2, 0.25) is 5.96 Å². The van der Waals surface area contributed by atoms with Crippen molar-refractivity contribution >= 4 is 11.6 Å². The second-order valence-electron chi connectivity index (χ2n) is 5.06. The highest BCUT2D eigenvalue weighted by atomic mass is 16.5. The fraction of sp³-hybridized carbons (Fsp3) is 0.533. The Balaban J connectivity index is 1.93. The van der Waals surface area contributed by atoms with E-state index in [9.17, 15) is 0 Å². The van der Waals surface area contributed by atoms with Crippen molar-refractivity contribution in [2.24, 2.45) is 10.8 Å². The molecule has 0 radical (unpaired) electrons. The number of nitrogens with two attached hydrogens (primary N) is 1. The standard InChI is InChI=1S/C15H24N4O/c1-2-11-20-14-9-7-13(8-10-14)18-15(19-16)17-12-5-3-4-6-12/h7-10,12H,2-6,11,16H2,1H3,(H2,17,18,19). The van der Waals surface area contributed by atoms with Gasteiger partial charge in [-0.1, -0.05) is 19.8 Å². The minimum absolute atomic E-state index is 0.390. The molecule has 4 N–H and O–H groups in total. The van der Waals surface area contributed by atoms with Gasteiger partial charge in [0.25, 0.3) is 0 Å². The molecule has 1 aromatic rings. The van der Waals surface area contributed by atoms with Gasteiger partial charge < -0.3 is 10.1 Å². The van der Waals surface area contributed by atoms with Crippen LogP contribution in [0.25, 0.3) is 0 Å². The maximum atomic E-state index is 5.55. The number of hydrazine groups is 1. The van der Waals surface area contributed by atoms with E-state index >= 15 is 0 Å². The van der Waals surface area contributed by atoms with Crippen molar-refractivity contribution < 1.29 is 4.74 Å². The lowest BCUT2D eigenvalue weighted by molar-refractivity contribution is 0.317. The Kier molecular flexibility index (Phi) is 5.68. The summed E-state index contributed by atoms with van der Waals surface area (Å²) < 4.78 is 5.55. The molecule has 0 spiro atoms. The van der Waals surface area contributed by atoms with Crippen LogP contribution >= 0.6 is 0 Å². The van der Waals surface area contributed by atoms with Crippen LogP contribution < -0.4 is 21.3 Å². The molecule has 0 aromatic heterocycles. The third kappa shape index (κ3) is 4.42. The van der Waals surface area contributed by atoms with E-state index in [1.165, 1.54) is 12.8 Å². The second-order valence-corrected chi connectivity index (χ2v) is 5.06. The van der Waals surface area contributed by atoms with Crippen molar-refractivity contribution in [3.63, 3.8) is 0 Å². The Morgan fingerprint density at radius 1 is 1.30 bits per heavy atom. The minimum Gasteiger partial charge on any atom is -0.494 e. The van der Waals surface area contributed by atoms with Gasteiger partial charge in [-0.15, -0.1) is 0 Å². The lowest BCUT2D eigenvalue weighted by Crippen LogP contribution is -2.37. The molecule has 1 aliphatic carbocycles. The summed E-state index contributed by atoms with van der Waals surface area (Å²) in [7, 11) is 0. The number of guanidine groups is 1. The van der Waals surface area contributed by atoms with Crippen LogP contribution in [0.15, 0.2) is 29.3 Å².